The van der Waals surface area contributed by atoms with Crippen molar-refractivity contribution in [1.82, 2.24) is 0 Å². The van der Waals surface area contributed by atoms with Crippen molar-refractivity contribution in [3.8, 4) is 0 Å². The van der Waals surface area contributed by atoms with Crippen LogP contribution in [-0.4, -0.2) is 38.5 Å². The van der Waals surface area contributed by atoms with Gasteiger partial charge in [-0.2, -0.15) is 0 Å². The number of hydrogen-bond donors (Lipinski definition) is 0. The van der Waals surface area contributed by atoms with Crippen LogP contribution in [0.1, 0.15) is 33.1 Å². The lowest BCUT2D eigenvalue weighted by Crippen LogP contribution is -2.36. The van der Waals surface area contributed by atoms with E-state index in [9.17, 15) is 8.42 Å². The highest BCUT2D eigenvalue weighted by Crippen LogP contribution is 2.34. The molecule has 0 bridgehead atoms. The SMILES string of the molecule is CC(C)S(=O)(=O)CCC1(CCl)CCCOC1. The Labute approximate surface area is 103 Å². The number of ether oxygens (including phenoxy) is 1. The first kappa shape index (κ1) is 14.3. The van der Waals surface area contributed by atoms with Gasteiger partial charge in [0.1, 0.15) is 0 Å². The van der Waals surface area contributed by atoms with Crippen LogP contribution in [0, 0.1) is 5.41 Å². The molecule has 0 aromatic carbocycles. The van der Waals surface area contributed by atoms with Crippen molar-refractivity contribution in [3.05, 3.63) is 0 Å². The molecule has 1 fully saturated rings. The molecule has 0 saturated carbocycles. The number of sulfone groups is 1. The molecule has 1 saturated heterocycles. The highest BCUT2D eigenvalue weighted by Gasteiger charge is 2.33. The van der Waals surface area contributed by atoms with Gasteiger partial charge >= 0.3 is 0 Å². The van der Waals surface area contributed by atoms with Crippen molar-refractivity contribution in [1.29, 1.82) is 0 Å². The van der Waals surface area contributed by atoms with E-state index < -0.39 is 9.84 Å². The molecule has 0 aromatic heterocycles. The molecule has 1 aliphatic rings. The fourth-order valence-electron chi connectivity index (χ4n) is 1.87. The van der Waals surface area contributed by atoms with E-state index in [0.29, 0.717) is 18.9 Å². The smallest absolute Gasteiger partial charge is 0.152 e. The maximum Gasteiger partial charge on any atom is 0.152 e. The Morgan fingerprint density at radius 3 is 2.56 bits per heavy atom. The zero-order chi connectivity index (χ0) is 12.2. The average Bonchev–Trinajstić information content (AvgIpc) is 2.28. The summed E-state index contributed by atoms with van der Waals surface area (Å²) in [6, 6.07) is 0. The Morgan fingerprint density at radius 1 is 1.44 bits per heavy atom. The van der Waals surface area contributed by atoms with Crippen LogP contribution in [0.5, 0.6) is 0 Å². The summed E-state index contributed by atoms with van der Waals surface area (Å²) in [6.07, 6.45) is 2.58. The van der Waals surface area contributed by atoms with E-state index in [1.165, 1.54) is 0 Å². The quantitative estimate of drug-likeness (QED) is 0.718. The highest BCUT2D eigenvalue weighted by molar-refractivity contribution is 7.91. The van der Waals surface area contributed by atoms with E-state index in [2.05, 4.69) is 0 Å². The summed E-state index contributed by atoms with van der Waals surface area (Å²) in [6.45, 7) is 4.82. The second-order valence-electron chi connectivity index (χ2n) is 4.96. The Bertz CT molecular complexity index is 305. The second kappa shape index (κ2) is 5.69. The molecule has 1 atom stereocenters. The van der Waals surface area contributed by atoms with Gasteiger partial charge in [0.25, 0.3) is 0 Å². The second-order valence-corrected chi connectivity index (χ2v) is 7.90. The number of hydrogen-bond acceptors (Lipinski definition) is 3. The summed E-state index contributed by atoms with van der Waals surface area (Å²) in [5.74, 6) is 0.710. The zero-order valence-corrected chi connectivity index (χ0v) is 11.6. The van der Waals surface area contributed by atoms with E-state index in [0.717, 1.165) is 19.4 Å². The van der Waals surface area contributed by atoms with Gasteiger partial charge in [0, 0.05) is 17.9 Å². The van der Waals surface area contributed by atoms with Crippen LogP contribution in [0.4, 0.5) is 0 Å². The summed E-state index contributed by atoms with van der Waals surface area (Å²) < 4.78 is 28.9. The van der Waals surface area contributed by atoms with Crippen LogP contribution in [0.25, 0.3) is 0 Å². The molecule has 3 nitrogen and oxygen atoms in total. The van der Waals surface area contributed by atoms with Gasteiger partial charge in [-0.1, -0.05) is 0 Å². The molecule has 0 amide bonds. The van der Waals surface area contributed by atoms with Gasteiger partial charge in [-0.15, -0.1) is 11.6 Å². The average molecular weight is 269 g/mol. The Kier molecular flexibility index (Phi) is 5.08. The van der Waals surface area contributed by atoms with Crippen molar-refractivity contribution in [2.24, 2.45) is 5.41 Å². The fourth-order valence-corrected chi connectivity index (χ4v) is 3.41. The van der Waals surface area contributed by atoms with Crippen LogP contribution in [-0.2, 0) is 14.6 Å². The number of rotatable bonds is 5. The molecule has 0 N–H and O–H groups in total. The summed E-state index contributed by atoms with van der Waals surface area (Å²) in [5.41, 5.74) is -0.123. The normalized spacial score (nSPS) is 27.2. The predicted octanol–water partition coefficient (Wildman–Crippen LogP) is 2.24. The molecular weight excluding hydrogens is 248 g/mol. The van der Waals surface area contributed by atoms with E-state index in [1.807, 2.05) is 0 Å². The van der Waals surface area contributed by atoms with Crippen LogP contribution in [0.3, 0.4) is 0 Å². The third-order valence-corrected chi connectivity index (χ3v) is 6.10. The van der Waals surface area contributed by atoms with Crippen LogP contribution >= 0.6 is 11.6 Å². The molecule has 1 aliphatic heterocycles. The van der Waals surface area contributed by atoms with E-state index in [4.69, 9.17) is 16.3 Å². The van der Waals surface area contributed by atoms with Crippen LogP contribution < -0.4 is 0 Å². The van der Waals surface area contributed by atoms with Gasteiger partial charge in [0.05, 0.1) is 17.6 Å². The fraction of sp³-hybridized carbons (Fsp3) is 1.00. The van der Waals surface area contributed by atoms with Gasteiger partial charge in [-0.05, 0) is 33.1 Å². The summed E-state index contributed by atoms with van der Waals surface area (Å²) in [7, 11) is -2.96. The molecule has 1 rings (SSSR count). The monoisotopic (exact) mass is 268 g/mol. The minimum Gasteiger partial charge on any atom is -0.381 e. The standard InChI is InChI=1S/C11H21ClO3S/c1-10(2)16(13,14)7-5-11(8-12)4-3-6-15-9-11/h10H,3-9H2,1-2H3. The van der Waals surface area contributed by atoms with E-state index in [1.54, 1.807) is 13.8 Å². The summed E-state index contributed by atoms with van der Waals surface area (Å²) in [4.78, 5) is 0. The molecule has 5 heteroatoms. The molecule has 0 spiro atoms. The van der Waals surface area contributed by atoms with Crippen molar-refractivity contribution in [2.45, 2.75) is 38.4 Å². The first-order chi connectivity index (χ1) is 7.42. The number of halogens is 1. The molecule has 1 unspecified atom stereocenters. The highest BCUT2D eigenvalue weighted by atomic mass is 35.5. The maximum absolute atomic E-state index is 11.7. The van der Waals surface area contributed by atoms with Gasteiger partial charge in [-0.3, -0.25) is 0 Å². The van der Waals surface area contributed by atoms with E-state index >= 15 is 0 Å². The molecule has 0 aliphatic carbocycles. The third kappa shape index (κ3) is 3.60. The molecule has 0 radical (unpaired) electrons. The van der Waals surface area contributed by atoms with E-state index in [-0.39, 0.29) is 16.4 Å². The third-order valence-electron chi connectivity index (χ3n) is 3.32. The summed E-state index contributed by atoms with van der Waals surface area (Å²) >= 11 is 5.97. The van der Waals surface area contributed by atoms with Crippen molar-refractivity contribution < 1.29 is 13.2 Å². The van der Waals surface area contributed by atoms with Crippen molar-refractivity contribution >= 4 is 21.4 Å². The molecule has 0 aromatic rings. The largest absolute Gasteiger partial charge is 0.381 e. The Morgan fingerprint density at radius 2 is 2.12 bits per heavy atom. The molecule has 96 valence electrons. The Hall–Kier alpha value is 0.200. The molecule has 16 heavy (non-hydrogen) atoms. The lowest BCUT2D eigenvalue weighted by Gasteiger charge is -2.35. The van der Waals surface area contributed by atoms with Gasteiger partial charge < -0.3 is 4.74 Å². The minimum absolute atomic E-state index is 0.123. The van der Waals surface area contributed by atoms with Gasteiger partial charge in [-0.25, -0.2) is 8.42 Å². The minimum atomic E-state index is -2.96. The lowest BCUT2D eigenvalue weighted by atomic mass is 9.82. The summed E-state index contributed by atoms with van der Waals surface area (Å²) in [5, 5.41) is -0.301. The van der Waals surface area contributed by atoms with Gasteiger partial charge in [0.15, 0.2) is 9.84 Å². The lowest BCUT2D eigenvalue weighted by molar-refractivity contribution is 0.00305. The topological polar surface area (TPSA) is 43.4 Å². The van der Waals surface area contributed by atoms with Gasteiger partial charge in [0.2, 0.25) is 0 Å². The first-order valence-corrected chi connectivity index (χ1v) is 8.02. The predicted molar refractivity (Wildman–Crippen MR) is 66.7 cm³/mol. The first-order valence-electron chi connectivity index (χ1n) is 5.77. The van der Waals surface area contributed by atoms with Crippen molar-refractivity contribution in [3.63, 3.8) is 0 Å². The molecule has 1 heterocycles. The van der Waals surface area contributed by atoms with Crippen LogP contribution in [0.2, 0.25) is 0 Å². The molecular formula is C11H21ClO3S. The maximum atomic E-state index is 11.7. The van der Waals surface area contributed by atoms with Crippen LogP contribution in [0.15, 0.2) is 0 Å². The number of alkyl halides is 1. The van der Waals surface area contributed by atoms with Crippen molar-refractivity contribution in [2.75, 3.05) is 24.8 Å². The zero-order valence-electron chi connectivity index (χ0n) is 10.0. The Balaban J connectivity index is 2.58.